The topological polar surface area (TPSA) is 80.1 Å². The van der Waals surface area contributed by atoms with Gasteiger partial charge in [-0.05, 0) is 36.4 Å². The minimum Gasteiger partial charge on any atom is -0.346 e. The number of hydrogen-bond acceptors (Lipinski definition) is 5. The molecule has 25 heavy (non-hydrogen) atoms. The molecule has 3 heterocycles. The Morgan fingerprint density at radius 1 is 1.36 bits per heavy atom. The van der Waals surface area contributed by atoms with Crippen molar-refractivity contribution in [3.05, 3.63) is 35.4 Å². The van der Waals surface area contributed by atoms with Gasteiger partial charge in [-0.2, -0.15) is 4.37 Å². The average Bonchev–Trinajstić information content (AvgIpc) is 2.99. The van der Waals surface area contributed by atoms with Crippen molar-refractivity contribution in [3.63, 3.8) is 0 Å². The highest BCUT2D eigenvalue weighted by molar-refractivity contribution is 7.03. The van der Waals surface area contributed by atoms with E-state index < -0.39 is 0 Å². The van der Waals surface area contributed by atoms with Crippen molar-refractivity contribution >= 4 is 23.3 Å². The van der Waals surface area contributed by atoms with Crippen LogP contribution in [0.25, 0.3) is 0 Å². The summed E-state index contributed by atoms with van der Waals surface area (Å²) in [6, 6.07) is 1.89. The Balaban J connectivity index is 1.42. The van der Waals surface area contributed by atoms with E-state index in [2.05, 4.69) is 14.7 Å². The molecular weight excluding hydrogens is 338 g/mol. The monoisotopic (exact) mass is 359 g/mol. The number of likely N-dealkylation sites (tertiary alicyclic amines) is 1. The molecule has 0 bridgehead atoms. The lowest BCUT2D eigenvalue weighted by atomic mass is 9.98. The van der Waals surface area contributed by atoms with Gasteiger partial charge in [0.15, 0.2) is 0 Å². The van der Waals surface area contributed by atoms with Gasteiger partial charge in [0, 0.05) is 37.6 Å². The summed E-state index contributed by atoms with van der Waals surface area (Å²) in [6.07, 6.45) is 6.04. The Kier molecular flexibility index (Phi) is 4.29. The Morgan fingerprint density at radius 2 is 2.20 bits per heavy atom. The molecule has 2 aromatic heterocycles. The number of nitrogens with zero attached hydrogens (tertiary/aromatic N) is 4. The van der Waals surface area contributed by atoms with Crippen LogP contribution in [0, 0.1) is 11.8 Å². The molecule has 1 saturated heterocycles. The Bertz CT molecular complexity index is 768. The zero-order valence-corrected chi connectivity index (χ0v) is 14.9. The molecule has 7 nitrogen and oxygen atoms in total. The minimum absolute atomic E-state index is 0.00129. The number of aromatic nitrogens is 3. The molecule has 1 aliphatic heterocycles. The van der Waals surface area contributed by atoms with Gasteiger partial charge in [-0.1, -0.05) is 0 Å². The lowest BCUT2D eigenvalue weighted by Crippen LogP contribution is -2.41. The fourth-order valence-electron chi connectivity index (χ4n) is 3.56. The summed E-state index contributed by atoms with van der Waals surface area (Å²) < 4.78 is 5.97. The second-order valence-corrected chi connectivity index (χ2v) is 7.64. The number of rotatable bonds is 5. The van der Waals surface area contributed by atoms with Gasteiger partial charge >= 0.3 is 0 Å². The Hall–Kier alpha value is -2.22. The van der Waals surface area contributed by atoms with Crippen LogP contribution in [0.15, 0.2) is 24.0 Å². The molecule has 132 valence electrons. The van der Waals surface area contributed by atoms with Crippen LogP contribution in [-0.4, -0.2) is 49.8 Å². The third-order valence-corrected chi connectivity index (χ3v) is 5.62. The molecule has 2 aromatic rings. The van der Waals surface area contributed by atoms with Crippen LogP contribution in [0.5, 0.6) is 0 Å². The summed E-state index contributed by atoms with van der Waals surface area (Å²) >= 11 is 1.36. The lowest BCUT2D eigenvalue weighted by molar-refractivity contribution is -0.129. The first-order valence-electron chi connectivity index (χ1n) is 8.56. The molecule has 0 aromatic carbocycles. The van der Waals surface area contributed by atoms with Gasteiger partial charge in [0.05, 0.1) is 24.5 Å². The van der Waals surface area contributed by atoms with Crippen LogP contribution in [-0.2, 0) is 18.3 Å². The predicted octanol–water partition coefficient (Wildman–Crippen LogP) is 1.09. The normalized spacial score (nSPS) is 23.0. The maximum atomic E-state index is 12.6. The zero-order valence-electron chi connectivity index (χ0n) is 14.1. The van der Waals surface area contributed by atoms with E-state index in [-0.39, 0.29) is 17.9 Å². The van der Waals surface area contributed by atoms with E-state index in [9.17, 15) is 9.59 Å². The van der Waals surface area contributed by atoms with E-state index in [0.717, 1.165) is 12.2 Å². The standard InChI is InChI=1S/C17H21N5O2S/c1-21-8-15(18-10-21)17(24)19-14-9-22(7-13(14)11-2-3-11)16(23)6-12-4-5-25-20-12/h4-5,8,10-11,13-14H,2-3,6-7,9H2,1H3,(H,19,24)/t13-,14+/m0/s1. The van der Waals surface area contributed by atoms with Gasteiger partial charge in [-0.15, -0.1) is 0 Å². The zero-order chi connectivity index (χ0) is 17.4. The van der Waals surface area contributed by atoms with E-state index in [1.165, 1.54) is 24.4 Å². The fourth-order valence-corrected chi connectivity index (χ4v) is 4.09. The molecule has 2 amide bonds. The minimum atomic E-state index is -0.162. The summed E-state index contributed by atoms with van der Waals surface area (Å²) in [5.41, 5.74) is 1.24. The van der Waals surface area contributed by atoms with E-state index in [0.29, 0.717) is 30.5 Å². The molecule has 0 radical (unpaired) electrons. The number of nitrogens with one attached hydrogen (secondary N) is 1. The summed E-state index contributed by atoms with van der Waals surface area (Å²) in [5.74, 6) is 0.884. The van der Waals surface area contributed by atoms with Gasteiger partial charge in [0.25, 0.3) is 5.91 Å². The van der Waals surface area contributed by atoms with Gasteiger partial charge in [-0.25, -0.2) is 4.98 Å². The van der Waals surface area contributed by atoms with Crippen molar-refractivity contribution in [2.45, 2.75) is 25.3 Å². The van der Waals surface area contributed by atoms with Crippen molar-refractivity contribution < 1.29 is 9.59 Å². The SMILES string of the molecule is Cn1cnc(C(=O)N[C@@H]2CN(C(=O)Cc3ccsn3)C[C@H]2C2CC2)c1. The van der Waals surface area contributed by atoms with E-state index in [1.807, 2.05) is 23.4 Å². The number of aryl methyl sites for hydroxylation is 1. The van der Waals surface area contributed by atoms with Crippen molar-refractivity contribution in [1.82, 2.24) is 24.1 Å². The molecule has 1 saturated carbocycles. The summed E-state index contributed by atoms with van der Waals surface area (Å²) in [5, 5.41) is 4.99. The molecule has 1 N–H and O–H groups in total. The molecule has 4 rings (SSSR count). The Labute approximate surface area is 150 Å². The van der Waals surface area contributed by atoms with Crippen LogP contribution in [0.4, 0.5) is 0 Å². The smallest absolute Gasteiger partial charge is 0.271 e. The third-order valence-electron chi connectivity index (χ3n) is 5.02. The number of hydrogen-bond donors (Lipinski definition) is 1. The van der Waals surface area contributed by atoms with Crippen molar-refractivity contribution in [3.8, 4) is 0 Å². The lowest BCUT2D eigenvalue weighted by Gasteiger charge is -2.18. The average molecular weight is 359 g/mol. The fraction of sp³-hybridized carbons (Fsp3) is 0.529. The third kappa shape index (κ3) is 3.58. The molecule has 0 unspecified atom stereocenters. The van der Waals surface area contributed by atoms with E-state index >= 15 is 0 Å². The molecule has 1 aliphatic carbocycles. The van der Waals surface area contributed by atoms with Crippen molar-refractivity contribution in [2.24, 2.45) is 18.9 Å². The quantitative estimate of drug-likeness (QED) is 0.866. The highest BCUT2D eigenvalue weighted by atomic mass is 32.1. The van der Waals surface area contributed by atoms with Crippen LogP contribution in [0.1, 0.15) is 29.0 Å². The summed E-state index contributed by atoms with van der Waals surface area (Å²) in [7, 11) is 1.84. The van der Waals surface area contributed by atoms with Crippen LogP contribution >= 0.6 is 11.5 Å². The van der Waals surface area contributed by atoms with Gasteiger partial charge < -0.3 is 14.8 Å². The molecule has 2 fully saturated rings. The molecule has 8 heteroatoms. The Morgan fingerprint density at radius 3 is 2.84 bits per heavy atom. The first kappa shape index (κ1) is 16.3. The van der Waals surface area contributed by atoms with Gasteiger partial charge in [-0.3, -0.25) is 9.59 Å². The number of amides is 2. The predicted molar refractivity (Wildman–Crippen MR) is 93.1 cm³/mol. The molecule has 0 spiro atoms. The summed E-state index contributed by atoms with van der Waals surface area (Å²) in [4.78, 5) is 31.0. The first-order valence-corrected chi connectivity index (χ1v) is 9.39. The van der Waals surface area contributed by atoms with Crippen LogP contribution < -0.4 is 5.32 Å². The number of carbonyl (C=O) groups excluding carboxylic acids is 2. The highest BCUT2D eigenvalue weighted by Crippen LogP contribution is 2.41. The van der Waals surface area contributed by atoms with Gasteiger partial charge in [0.2, 0.25) is 5.91 Å². The van der Waals surface area contributed by atoms with Crippen molar-refractivity contribution in [1.29, 1.82) is 0 Å². The molecular formula is C17H21N5O2S. The number of carbonyl (C=O) groups is 2. The maximum absolute atomic E-state index is 12.6. The second-order valence-electron chi connectivity index (χ2n) is 6.97. The van der Waals surface area contributed by atoms with E-state index in [4.69, 9.17) is 0 Å². The largest absolute Gasteiger partial charge is 0.346 e. The van der Waals surface area contributed by atoms with E-state index in [1.54, 1.807) is 17.1 Å². The van der Waals surface area contributed by atoms with Gasteiger partial charge in [0.1, 0.15) is 5.69 Å². The van der Waals surface area contributed by atoms with Crippen LogP contribution in [0.3, 0.4) is 0 Å². The van der Waals surface area contributed by atoms with Crippen molar-refractivity contribution in [2.75, 3.05) is 13.1 Å². The second kappa shape index (κ2) is 6.59. The summed E-state index contributed by atoms with van der Waals surface area (Å²) in [6.45, 7) is 1.30. The number of imidazole rings is 1. The maximum Gasteiger partial charge on any atom is 0.271 e. The molecule has 2 aliphatic rings. The first-order chi connectivity index (χ1) is 12.1. The van der Waals surface area contributed by atoms with Crippen LogP contribution in [0.2, 0.25) is 0 Å². The highest BCUT2D eigenvalue weighted by Gasteiger charge is 2.44. The molecule has 2 atom stereocenters.